The molecule has 4 aromatic carbocycles. The van der Waals surface area contributed by atoms with Crippen LogP contribution in [0, 0.1) is 6.92 Å². The highest BCUT2D eigenvalue weighted by atomic mass is 16.3. The van der Waals surface area contributed by atoms with Crippen molar-refractivity contribution in [1.82, 2.24) is 5.43 Å². The molecule has 0 saturated heterocycles. The molecule has 0 aliphatic carbocycles. The Morgan fingerprint density at radius 2 is 1.58 bits per heavy atom. The van der Waals surface area contributed by atoms with Gasteiger partial charge in [0.1, 0.15) is 5.75 Å². The van der Waals surface area contributed by atoms with E-state index in [0.717, 1.165) is 16.5 Å². The number of benzene rings is 4. The summed E-state index contributed by atoms with van der Waals surface area (Å²) in [6.07, 6.45) is 0. The van der Waals surface area contributed by atoms with Crippen molar-refractivity contribution in [3.05, 3.63) is 107 Å². The maximum atomic E-state index is 12.8. The fourth-order valence-corrected chi connectivity index (χ4v) is 3.57. The molecule has 0 heterocycles. The van der Waals surface area contributed by atoms with E-state index >= 15 is 0 Å². The summed E-state index contributed by atoms with van der Waals surface area (Å²) in [4.78, 5) is 25.3. The van der Waals surface area contributed by atoms with E-state index in [4.69, 9.17) is 0 Å². The molecule has 0 radical (unpaired) electrons. The number of hydrogen-bond acceptors (Lipinski definition) is 4. The standard InChI is InChI=1S/C27H23N3O3/c1-17-7-5-10-21(15-17)26(32)28-22-11-6-9-20(16-22)18(2)29-30-27(33)25-23-12-4-3-8-19(23)13-14-24(25)31/h3-16,31H,1-2H3,(H,28,32)(H,30,33). The molecule has 0 saturated carbocycles. The Kier molecular flexibility index (Phi) is 6.17. The summed E-state index contributed by atoms with van der Waals surface area (Å²) < 4.78 is 0. The number of phenols is 1. The number of hydrogen-bond donors (Lipinski definition) is 3. The predicted octanol–water partition coefficient (Wildman–Crippen LogP) is 5.26. The van der Waals surface area contributed by atoms with E-state index in [1.165, 1.54) is 6.07 Å². The van der Waals surface area contributed by atoms with Crippen LogP contribution < -0.4 is 10.7 Å². The normalized spacial score (nSPS) is 11.3. The summed E-state index contributed by atoms with van der Waals surface area (Å²) in [5, 5.41) is 18.8. The molecule has 6 heteroatoms. The van der Waals surface area contributed by atoms with Crippen molar-refractivity contribution >= 4 is 34.0 Å². The second-order valence-corrected chi connectivity index (χ2v) is 7.72. The van der Waals surface area contributed by atoms with Crippen LogP contribution in [0.1, 0.15) is 38.8 Å². The molecule has 0 aromatic heterocycles. The SMILES string of the molecule is CC(=NNC(=O)c1c(O)ccc2ccccc12)c1cccc(NC(=O)c2cccc(C)c2)c1. The number of nitrogens with zero attached hydrogens (tertiary/aromatic N) is 1. The van der Waals surface area contributed by atoms with Crippen molar-refractivity contribution in [3.8, 4) is 5.75 Å². The number of nitrogens with one attached hydrogen (secondary N) is 2. The Balaban J connectivity index is 1.51. The van der Waals surface area contributed by atoms with Gasteiger partial charge in [0.15, 0.2) is 0 Å². The van der Waals surface area contributed by atoms with Gasteiger partial charge in [0.05, 0.1) is 11.3 Å². The molecule has 0 aliphatic rings. The van der Waals surface area contributed by atoms with E-state index in [0.29, 0.717) is 22.3 Å². The maximum Gasteiger partial charge on any atom is 0.275 e. The Morgan fingerprint density at radius 3 is 2.39 bits per heavy atom. The highest BCUT2D eigenvalue weighted by molar-refractivity contribution is 6.10. The monoisotopic (exact) mass is 437 g/mol. The van der Waals surface area contributed by atoms with Crippen LogP contribution in [-0.4, -0.2) is 22.6 Å². The molecular weight excluding hydrogens is 414 g/mol. The number of hydrazone groups is 1. The smallest absolute Gasteiger partial charge is 0.275 e. The molecule has 3 N–H and O–H groups in total. The average Bonchev–Trinajstić information content (AvgIpc) is 2.82. The maximum absolute atomic E-state index is 12.8. The van der Waals surface area contributed by atoms with Crippen molar-refractivity contribution in [1.29, 1.82) is 0 Å². The minimum atomic E-state index is -0.507. The lowest BCUT2D eigenvalue weighted by Gasteiger charge is -2.10. The Bertz CT molecular complexity index is 1390. The van der Waals surface area contributed by atoms with Gasteiger partial charge in [0.25, 0.3) is 11.8 Å². The molecule has 4 rings (SSSR count). The first-order chi connectivity index (χ1) is 15.9. The third kappa shape index (κ3) is 4.91. The number of rotatable bonds is 5. The highest BCUT2D eigenvalue weighted by Gasteiger charge is 2.15. The van der Waals surface area contributed by atoms with E-state index in [9.17, 15) is 14.7 Å². The van der Waals surface area contributed by atoms with Crippen molar-refractivity contribution in [2.24, 2.45) is 5.10 Å². The molecular formula is C27H23N3O3. The topological polar surface area (TPSA) is 90.8 Å². The van der Waals surface area contributed by atoms with Crippen LogP contribution in [0.15, 0.2) is 90.0 Å². The molecule has 0 bridgehead atoms. The summed E-state index contributed by atoms with van der Waals surface area (Å²) in [6.45, 7) is 3.69. The third-order valence-corrected chi connectivity index (χ3v) is 5.28. The van der Waals surface area contributed by atoms with Crippen LogP contribution in [0.3, 0.4) is 0 Å². The average molecular weight is 437 g/mol. The third-order valence-electron chi connectivity index (χ3n) is 5.28. The number of carbonyl (C=O) groups excluding carboxylic acids is 2. The second kappa shape index (κ2) is 9.36. The van der Waals surface area contributed by atoms with Gasteiger partial charge in [-0.2, -0.15) is 5.10 Å². The molecule has 0 spiro atoms. The summed E-state index contributed by atoms with van der Waals surface area (Å²) in [6, 6.07) is 25.2. The molecule has 0 aliphatic heterocycles. The lowest BCUT2D eigenvalue weighted by atomic mass is 10.0. The second-order valence-electron chi connectivity index (χ2n) is 7.72. The number of fused-ring (bicyclic) bond motifs is 1. The van der Waals surface area contributed by atoms with E-state index in [2.05, 4.69) is 15.8 Å². The van der Waals surface area contributed by atoms with Gasteiger partial charge in [0, 0.05) is 11.3 Å². The van der Waals surface area contributed by atoms with Crippen LogP contribution in [-0.2, 0) is 0 Å². The fourth-order valence-electron chi connectivity index (χ4n) is 3.57. The summed E-state index contributed by atoms with van der Waals surface area (Å²) >= 11 is 0. The number of aromatic hydroxyl groups is 1. The lowest BCUT2D eigenvalue weighted by molar-refractivity contribution is 0.0953. The highest BCUT2D eigenvalue weighted by Crippen LogP contribution is 2.27. The zero-order valence-corrected chi connectivity index (χ0v) is 18.3. The number of carbonyl (C=O) groups is 2. The Morgan fingerprint density at radius 1 is 0.818 bits per heavy atom. The largest absolute Gasteiger partial charge is 0.507 e. The van der Waals surface area contributed by atoms with Crippen LogP contribution in [0.4, 0.5) is 5.69 Å². The molecule has 33 heavy (non-hydrogen) atoms. The predicted molar refractivity (Wildman–Crippen MR) is 131 cm³/mol. The van der Waals surface area contributed by atoms with E-state index < -0.39 is 5.91 Å². The first-order valence-corrected chi connectivity index (χ1v) is 10.5. The van der Waals surface area contributed by atoms with Crippen LogP contribution in [0.5, 0.6) is 5.75 Å². The van der Waals surface area contributed by atoms with Crippen LogP contribution in [0.25, 0.3) is 10.8 Å². The minimum absolute atomic E-state index is 0.111. The summed E-state index contributed by atoms with van der Waals surface area (Å²) in [5.74, 6) is -0.822. The first kappa shape index (κ1) is 21.8. The van der Waals surface area contributed by atoms with Gasteiger partial charge in [-0.3, -0.25) is 9.59 Å². The fraction of sp³-hybridized carbons (Fsp3) is 0.0741. The van der Waals surface area contributed by atoms with Gasteiger partial charge in [-0.25, -0.2) is 5.43 Å². The van der Waals surface area contributed by atoms with Crippen molar-refractivity contribution in [3.63, 3.8) is 0 Å². The van der Waals surface area contributed by atoms with E-state index in [1.54, 1.807) is 43.3 Å². The summed E-state index contributed by atoms with van der Waals surface area (Å²) in [5.41, 5.74) is 6.18. The zero-order chi connectivity index (χ0) is 23.4. The van der Waals surface area contributed by atoms with Gasteiger partial charge in [-0.05, 0) is 60.5 Å². The number of anilines is 1. The Labute approximate surface area is 191 Å². The minimum Gasteiger partial charge on any atom is -0.507 e. The molecule has 164 valence electrons. The summed E-state index contributed by atoms with van der Waals surface area (Å²) in [7, 11) is 0. The van der Waals surface area contributed by atoms with Crippen molar-refractivity contribution in [2.75, 3.05) is 5.32 Å². The van der Waals surface area contributed by atoms with Gasteiger partial charge in [-0.1, -0.05) is 60.2 Å². The van der Waals surface area contributed by atoms with Crippen LogP contribution in [0.2, 0.25) is 0 Å². The first-order valence-electron chi connectivity index (χ1n) is 10.5. The quantitative estimate of drug-likeness (QED) is 0.294. The molecule has 6 nitrogen and oxygen atoms in total. The number of aryl methyl sites for hydroxylation is 1. The lowest BCUT2D eigenvalue weighted by Crippen LogP contribution is -2.20. The number of phenolic OH excluding ortho intramolecular Hbond substituents is 1. The molecule has 2 amide bonds. The zero-order valence-electron chi connectivity index (χ0n) is 18.3. The van der Waals surface area contributed by atoms with E-state index in [1.807, 2.05) is 49.4 Å². The van der Waals surface area contributed by atoms with Crippen LogP contribution >= 0.6 is 0 Å². The van der Waals surface area contributed by atoms with E-state index in [-0.39, 0.29) is 17.2 Å². The van der Waals surface area contributed by atoms with Gasteiger partial charge in [0.2, 0.25) is 0 Å². The van der Waals surface area contributed by atoms with Crippen molar-refractivity contribution in [2.45, 2.75) is 13.8 Å². The number of amides is 2. The van der Waals surface area contributed by atoms with Gasteiger partial charge in [-0.15, -0.1) is 0 Å². The molecule has 0 atom stereocenters. The van der Waals surface area contributed by atoms with Gasteiger partial charge < -0.3 is 10.4 Å². The molecule has 4 aromatic rings. The molecule has 0 unspecified atom stereocenters. The Hall–Kier alpha value is -4.45. The molecule has 0 fully saturated rings. The van der Waals surface area contributed by atoms with Gasteiger partial charge >= 0.3 is 0 Å². The van der Waals surface area contributed by atoms with Crippen molar-refractivity contribution < 1.29 is 14.7 Å².